The fraction of sp³-hybridized carbons (Fsp3) is 0.211. The van der Waals surface area contributed by atoms with E-state index in [0.717, 1.165) is 30.0 Å². The second-order valence-corrected chi connectivity index (χ2v) is 5.85. The summed E-state index contributed by atoms with van der Waals surface area (Å²) >= 11 is 0. The van der Waals surface area contributed by atoms with Crippen LogP contribution in [0.4, 0.5) is 4.39 Å². The van der Waals surface area contributed by atoms with Crippen molar-refractivity contribution in [3.05, 3.63) is 66.6 Å². The fourth-order valence-electron chi connectivity index (χ4n) is 3.00. The summed E-state index contributed by atoms with van der Waals surface area (Å²) in [6.07, 6.45) is 4.37. The van der Waals surface area contributed by atoms with E-state index in [1.807, 2.05) is 41.2 Å². The molecule has 24 heavy (non-hydrogen) atoms. The Bertz CT molecular complexity index is 805. The van der Waals surface area contributed by atoms with Crippen LogP contribution >= 0.6 is 0 Å². The Morgan fingerprint density at radius 2 is 1.71 bits per heavy atom. The van der Waals surface area contributed by atoms with Gasteiger partial charge in [-0.15, -0.1) is 0 Å². The van der Waals surface area contributed by atoms with Crippen LogP contribution in [0.5, 0.6) is 11.5 Å². The molecule has 0 spiro atoms. The van der Waals surface area contributed by atoms with Gasteiger partial charge in [-0.3, -0.25) is 5.32 Å². The Hall–Kier alpha value is -2.66. The highest BCUT2D eigenvalue weighted by molar-refractivity contribution is 5.60. The number of hydrogen-bond donors (Lipinski definition) is 1. The number of hydrogen-bond acceptors (Lipinski definition) is 3. The van der Waals surface area contributed by atoms with Gasteiger partial charge in [-0.25, -0.2) is 9.07 Å². The lowest BCUT2D eigenvalue weighted by Crippen LogP contribution is -2.21. The van der Waals surface area contributed by atoms with Crippen molar-refractivity contribution in [2.75, 3.05) is 6.54 Å². The van der Waals surface area contributed by atoms with Gasteiger partial charge in [-0.2, -0.15) is 5.10 Å². The lowest BCUT2D eigenvalue weighted by molar-refractivity contribution is 0.429. The summed E-state index contributed by atoms with van der Waals surface area (Å²) < 4.78 is 20.7. The van der Waals surface area contributed by atoms with E-state index in [2.05, 4.69) is 10.4 Å². The minimum absolute atomic E-state index is 0.269. The van der Waals surface area contributed by atoms with E-state index < -0.39 is 0 Å². The van der Waals surface area contributed by atoms with Crippen molar-refractivity contribution < 1.29 is 9.13 Å². The molecule has 1 aromatic heterocycles. The molecule has 1 atom stereocenters. The third-order valence-corrected chi connectivity index (χ3v) is 4.20. The SMILES string of the molecule is Fc1ccc(Oc2ccc(-c3ccnn3C3CCCN3)cc2)cc1. The van der Waals surface area contributed by atoms with Crippen molar-refractivity contribution in [1.29, 1.82) is 0 Å². The van der Waals surface area contributed by atoms with Crippen LogP contribution in [0.25, 0.3) is 11.3 Å². The molecule has 1 unspecified atom stereocenters. The molecule has 122 valence electrons. The van der Waals surface area contributed by atoms with Gasteiger partial charge in [0.25, 0.3) is 0 Å². The summed E-state index contributed by atoms with van der Waals surface area (Å²) in [5.74, 6) is 1.06. The summed E-state index contributed by atoms with van der Waals surface area (Å²) in [4.78, 5) is 0. The molecule has 0 radical (unpaired) electrons. The molecule has 3 aromatic rings. The molecule has 1 aliphatic heterocycles. The number of benzene rings is 2. The van der Waals surface area contributed by atoms with E-state index in [9.17, 15) is 4.39 Å². The van der Waals surface area contributed by atoms with E-state index in [1.165, 1.54) is 18.6 Å². The molecule has 5 heteroatoms. The summed E-state index contributed by atoms with van der Waals surface area (Å²) in [6.45, 7) is 1.04. The molecule has 2 heterocycles. The molecule has 1 saturated heterocycles. The maximum atomic E-state index is 12.9. The Kier molecular flexibility index (Phi) is 4.01. The van der Waals surface area contributed by atoms with Gasteiger partial charge >= 0.3 is 0 Å². The monoisotopic (exact) mass is 323 g/mol. The predicted molar refractivity (Wildman–Crippen MR) is 90.4 cm³/mol. The maximum absolute atomic E-state index is 12.9. The summed E-state index contributed by atoms with van der Waals surface area (Å²) in [7, 11) is 0. The van der Waals surface area contributed by atoms with E-state index in [-0.39, 0.29) is 12.0 Å². The Labute approximate surface area is 139 Å². The van der Waals surface area contributed by atoms with Gasteiger partial charge in [0.15, 0.2) is 0 Å². The zero-order valence-electron chi connectivity index (χ0n) is 13.2. The molecule has 0 bridgehead atoms. The first kappa shape index (κ1) is 14.9. The zero-order valence-corrected chi connectivity index (χ0v) is 13.2. The number of aromatic nitrogens is 2. The third kappa shape index (κ3) is 3.03. The van der Waals surface area contributed by atoms with E-state index in [0.29, 0.717) is 5.75 Å². The van der Waals surface area contributed by atoms with Crippen molar-refractivity contribution in [3.63, 3.8) is 0 Å². The topological polar surface area (TPSA) is 39.1 Å². The lowest BCUT2D eigenvalue weighted by Gasteiger charge is -2.15. The number of rotatable bonds is 4. The largest absolute Gasteiger partial charge is 0.457 e. The Morgan fingerprint density at radius 3 is 2.38 bits per heavy atom. The fourth-order valence-corrected chi connectivity index (χ4v) is 3.00. The van der Waals surface area contributed by atoms with Gasteiger partial charge in [0, 0.05) is 11.8 Å². The second kappa shape index (κ2) is 6.45. The molecule has 1 N–H and O–H groups in total. The van der Waals surface area contributed by atoms with Gasteiger partial charge in [0.1, 0.15) is 23.5 Å². The second-order valence-electron chi connectivity index (χ2n) is 5.85. The first-order chi connectivity index (χ1) is 11.8. The Morgan fingerprint density at radius 1 is 1.00 bits per heavy atom. The van der Waals surface area contributed by atoms with Crippen molar-refractivity contribution in [2.24, 2.45) is 0 Å². The van der Waals surface area contributed by atoms with Gasteiger partial charge in [-0.1, -0.05) is 0 Å². The summed E-state index contributed by atoms with van der Waals surface area (Å²) in [6, 6.07) is 15.9. The van der Waals surface area contributed by atoms with Gasteiger partial charge in [0.05, 0.1) is 5.69 Å². The number of nitrogens with zero attached hydrogens (tertiary/aromatic N) is 2. The highest BCUT2D eigenvalue weighted by Gasteiger charge is 2.19. The van der Waals surface area contributed by atoms with Crippen LogP contribution in [0.2, 0.25) is 0 Å². The molecule has 0 aliphatic carbocycles. The Balaban J connectivity index is 1.54. The van der Waals surface area contributed by atoms with Gasteiger partial charge < -0.3 is 4.74 Å². The van der Waals surface area contributed by atoms with Crippen LogP contribution < -0.4 is 10.1 Å². The van der Waals surface area contributed by atoms with Crippen LogP contribution in [0.3, 0.4) is 0 Å². The average molecular weight is 323 g/mol. The zero-order chi connectivity index (χ0) is 16.4. The molecule has 2 aromatic carbocycles. The van der Waals surface area contributed by atoms with Gasteiger partial charge in [0.2, 0.25) is 0 Å². The summed E-state index contributed by atoms with van der Waals surface area (Å²) in [5.41, 5.74) is 2.18. The van der Waals surface area contributed by atoms with Crippen LogP contribution in [0.1, 0.15) is 19.0 Å². The molecule has 4 nitrogen and oxygen atoms in total. The van der Waals surface area contributed by atoms with Crippen molar-refractivity contribution in [1.82, 2.24) is 15.1 Å². The van der Waals surface area contributed by atoms with Crippen LogP contribution in [0, 0.1) is 5.82 Å². The smallest absolute Gasteiger partial charge is 0.127 e. The maximum Gasteiger partial charge on any atom is 0.127 e. The third-order valence-electron chi connectivity index (χ3n) is 4.20. The quantitative estimate of drug-likeness (QED) is 0.775. The minimum atomic E-state index is -0.272. The molecule has 0 amide bonds. The van der Waals surface area contributed by atoms with E-state index >= 15 is 0 Å². The standard InChI is InChI=1S/C19H18FN3O/c20-15-5-9-17(10-6-15)24-16-7-3-14(4-8-16)18-11-13-22-23(18)19-2-1-12-21-19/h3-11,13,19,21H,1-2,12H2. The molecule has 4 rings (SSSR count). The van der Waals surface area contributed by atoms with Crippen LogP contribution in [-0.4, -0.2) is 16.3 Å². The molecule has 1 aliphatic rings. The number of nitrogens with one attached hydrogen (secondary N) is 1. The minimum Gasteiger partial charge on any atom is -0.457 e. The van der Waals surface area contributed by atoms with Crippen molar-refractivity contribution in [2.45, 2.75) is 19.0 Å². The highest BCUT2D eigenvalue weighted by atomic mass is 19.1. The molecule has 1 fully saturated rings. The molecule has 0 saturated carbocycles. The average Bonchev–Trinajstić information content (AvgIpc) is 3.28. The van der Waals surface area contributed by atoms with Crippen LogP contribution in [-0.2, 0) is 0 Å². The van der Waals surface area contributed by atoms with Gasteiger partial charge in [-0.05, 0) is 74.0 Å². The molecular weight excluding hydrogens is 305 g/mol. The van der Waals surface area contributed by atoms with E-state index in [1.54, 1.807) is 12.1 Å². The lowest BCUT2D eigenvalue weighted by atomic mass is 10.1. The number of ether oxygens (including phenoxy) is 1. The summed E-state index contributed by atoms with van der Waals surface area (Å²) in [5, 5.41) is 7.92. The van der Waals surface area contributed by atoms with Crippen molar-refractivity contribution in [3.8, 4) is 22.8 Å². The molecular formula is C19H18FN3O. The first-order valence-electron chi connectivity index (χ1n) is 8.10. The first-order valence-corrected chi connectivity index (χ1v) is 8.10. The van der Waals surface area contributed by atoms with E-state index in [4.69, 9.17) is 4.74 Å². The van der Waals surface area contributed by atoms with Crippen molar-refractivity contribution >= 4 is 0 Å². The highest BCUT2D eigenvalue weighted by Crippen LogP contribution is 2.28. The number of halogens is 1. The van der Waals surface area contributed by atoms with Crippen LogP contribution in [0.15, 0.2) is 60.8 Å². The normalized spacial score (nSPS) is 17.1. The predicted octanol–water partition coefficient (Wildman–Crippen LogP) is 4.36.